The molecular weight excluding hydrogens is 280 g/mol. The number of aromatic nitrogens is 1. The molecule has 1 unspecified atom stereocenters. The summed E-state index contributed by atoms with van der Waals surface area (Å²) >= 11 is 1.91. The third kappa shape index (κ3) is 2.29. The number of fused-ring (bicyclic) bond motifs is 2. The number of oxazole rings is 1. The lowest BCUT2D eigenvalue weighted by Gasteiger charge is -2.14. The summed E-state index contributed by atoms with van der Waals surface area (Å²) in [6.45, 7) is 2.05. The normalized spacial score (nSPS) is 17.1. The Labute approximate surface area is 127 Å². The summed E-state index contributed by atoms with van der Waals surface area (Å²) in [4.78, 5) is 5.88. The van der Waals surface area contributed by atoms with E-state index in [9.17, 15) is 0 Å². The molecule has 4 rings (SSSR count). The van der Waals surface area contributed by atoms with Crippen LogP contribution in [0.25, 0.3) is 11.1 Å². The smallest absolute Gasteiger partial charge is 0.195 e. The Hall–Kier alpha value is -1.94. The van der Waals surface area contributed by atoms with E-state index in [4.69, 9.17) is 4.42 Å². The summed E-state index contributed by atoms with van der Waals surface area (Å²) in [5.74, 6) is 1.86. The maximum absolute atomic E-state index is 5.66. The minimum absolute atomic E-state index is 0.362. The van der Waals surface area contributed by atoms with E-state index < -0.39 is 0 Å². The Kier molecular flexibility index (Phi) is 3.11. The maximum Gasteiger partial charge on any atom is 0.195 e. The largest absolute Gasteiger partial charge is 0.441 e. The molecule has 0 saturated carbocycles. The number of hydrogen-bond donors (Lipinski definition) is 1. The van der Waals surface area contributed by atoms with Crippen molar-refractivity contribution in [2.75, 3.05) is 11.1 Å². The number of benzene rings is 2. The molecule has 1 N–H and O–H groups in total. The fourth-order valence-corrected chi connectivity index (χ4v) is 3.86. The van der Waals surface area contributed by atoms with Crippen LogP contribution in [0.1, 0.15) is 24.4 Å². The minimum atomic E-state index is 0.362. The van der Waals surface area contributed by atoms with Crippen LogP contribution in [0.15, 0.2) is 51.8 Å². The predicted molar refractivity (Wildman–Crippen MR) is 86.9 cm³/mol. The zero-order valence-corrected chi connectivity index (χ0v) is 12.6. The highest BCUT2D eigenvalue weighted by atomic mass is 32.2. The molecule has 0 radical (unpaired) electrons. The molecule has 0 aliphatic carbocycles. The molecule has 21 heavy (non-hydrogen) atoms. The van der Waals surface area contributed by atoms with E-state index in [0.717, 1.165) is 34.9 Å². The molecule has 1 aliphatic rings. The average molecular weight is 296 g/mol. The van der Waals surface area contributed by atoms with Crippen LogP contribution in [0.2, 0.25) is 0 Å². The van der Waals surface area contributed by atoms with Gasteiger partial charge in [-0.2, -0.15) is 0 Å². The van der Waals surface area contributed by atoms with Crippen molar-refractivity contribution in [1.82, 2.24) is 4.98 Å². The Morgan fingerprint density at radius 2 is 2.19 bits per heavy atom. The third-order valence-corrected chi connectivity index (χ3v) is 4.96. The molecule has 0 amide bonds. The fraction of sp³-hybridized carbons (Fsp3) is 0.235. The second kappa shape index (κ2) is 5.11. The summed E-state index contributed by atoms with van der Waals surface area (Å²) in [5, 5.41) is 3.61. The van der Waals surface area contributed by atoms with Crippen LogP contribution < -0.4 is 5.32 Å². The molecule has 0 bridgehead atoms. The SMILES string of the molecule is CCc1nc2cc(NC3CSc4ccccc43)ccc2o1. The van der Waals surface area contributed by atoms with Crippen LogP contribution in [-0.4, -0.2) is 10.7 Å². The third-order valence-electron chi connectivity index (χ3n) is 3.78. The van der Waals surface area contributed by atoms with Gasteiger partial charge in [-0.05, 0) is 29.8 Å². The first-order valence-corrected chi connectivity index (χ1v) is 8.20. The Balaban J connectivity index is 1.63. The monoisotopic (exact) mass is 296 g/mol. The molecule has 3 nitrogen and oxygen atoms in total. The van der Waals surface area contributed by atoms with Crippen LogP contribution in [-0.2, 0) is 6.42 Å². The molecule has 1 atom stereocenters. The molecule has 2 heterocycles. The summed E-state index contributed by atoms with van der Waals surface area (Å²) in [6, 6.07) is 15.1. The first-order chi connectivity index (χ1) is 10.3. The standard InChI is InChI=1S/C17H16N2OS/c1-2-17-19-13-9-11(7-8-15(13)20-17)18-14-10-21-16-6-4-3-5-12(14)16/h3-9,14,18H,2,10H2,1H3. The number of nitrogens with one attached hydrogen (secondary N) is 1. The lowest BCUT2D eigenvalue weighted by molar-refractivity contribution is 0.538. The number of thioether (sulfide) groups is 1. The van der Waals surface area contributed by atoms with E-state index in [1.165, 1.54) is 10.5 Å². The molecular formula is C17H16N2OS. The average Bonchev–Trinajstić information content (AvgIpc) is 3.11. The van der Waals surface area contributed by atoms with Gasteiger partial charge < -0.3 is 9.73 Å². The van der Waals surface area contributed by atoms with Crippen molar-refractivity contribution in [3.05, 3.63) is 53.9 Å². The van der Waals surface area contributed by atoms with E-state index in [1.807, 2.05) is 17.8 Å². The predicted octanol–water partition coefficient (Wildman–Crippen LogP) is 4.65. The minimum Gasteiger partial charge on any atom is -0.441 e. The van der Waals surface area contributed by atoms with Crippen LogP contribution >= 0.6 is 11.8 Å². The van der Waals surface area contributed by atoms with Gasteiger partial charge in [0.1, 0.15) is 5.52 Å². The number of anilines is 1. The zero-order chi connectivity index (χ0) is 14.2. The second-order valence-electron chi connectivity index (χ2n) is 5.19. The molecule has 0 spiro atoms. The molecule has 1 aromatic heterocycles. The summed E-state index contributed by atoms with van der Waals surface area (Å²) < 4.78 is 5.66. The lowest BCUT2D eigenvalue weighted by Crippen LogP contribution is -2.09. The van der Waals surface area contributed by atoms with E-state index >= 15 is 0 Å². The van der Waals surface area contributed by atoms with Gasteiger partial charge in [0.2, 0.25) is 0 Å². The number of rotatable bonds is 3. The van der Waals surface area contributed by atoms with E-state index in [0.29, 0.717) is 6.04 Å². The van der Waals surface area contributed by atoms with Gasteiger partial charge in [-0.25, -0.2) is 4.98 Å². The highest BCUT2D eigenvalue weighted by Crippen LogP contribution is 2.39. The Morgan fingerprint density at radius 1 is 1.29 bits per heavy atom. The number of nitrogens with zero attached hydrogens (tertiary/aromatic N) is 1. The fourth-order valence-electron chi connectivity index (χ4n) is 2.70. The molecule has 1 aliphatic heterocycles. The van der Waals surface area contributed by atoms with Crippen LogP contribution in [0.4, 0.5) is 5.69 Å². The molecule has 4 heteroatoms. The van der Waals surface area contributed by atoms with Crippen molar-refractivity contribution < 1.29 is 4.42 Å². The summed E-state index contributed by atoms with van der Waals surface area (Å²) in [6.07, 6.45) is 0.823. The van der Waals surface area contributed by atoms with Gasteiger partial charge in [0.15, 0.2) is 11.5 Å². The molecule has 106 valence electrons. The van der Waals surface area contributed by atoms with Crippen molar-refractivity contribution in [2.24, 2.45) is 0 Å². The Bertz CT molecular complexity index is 796. The van der Waals surface area contributed by atoms with Gasteiger partial charge in [0.25, 0.3) is 0 Å². The van der Waals surface area contributed by atoms with Crippen molar-refractivity contribution >= 4 is 28.5 Å². The van der Waals surface area contributed by atoms with E-state index in [-0.39, 0.29) is 0 Å². The highest BCUT2D eigenvalue weighted by Gasteiger charge is 2.22. The quantitative estimate of drug-likeness (QED) is 0.763. The topological polar surface area (TPSA) is 38.1 Å². The number of aryl methyl sites for hydroxylation is 1. The van der Waals surface area contributed by atoms with Gasteiger partial charge in [-0.15, -0.1) is 11.8 Å². The first kappa shape index (κ1) is 12.8. The van der Waals surface area contributed by atoms with E-state index in [1.54, 1.807) is 0 Å². The van der Waals surface area contributed by atoms with Gasteiger partial charge in [-0.1, -0.05) is 25.1 Å². The molecule has 0 fully saturated rings. The van der Waals surface area contributed by atoms with Crippen LogP contribution in [0.5, 0.6) is 0 Å². The van der Waals surface area contributed by atoms with Crippen molar-refractivity contribution in [2.45, 2.75) is 24.3 Å². The lowest BCUT2D eigenvalue weighted by atomic mass is 10.1. The van der Waals surface area contributed by atoms with Gasteiger partial charge in [-0.3, -0.25) is 0 Å². The van der Waals surface area contributed by atoms with Crippen molar-refractivity contribution in [3.63, 3.8) is 0 Å². The van der Waals surface area contributed by atoms with E-state index in [2.05, 4.69) is 53.6 Å². The van der Waals surface area contributed by atoms with Gasteiger partial charge in [0.05, 0.1) is 6.04 Å². The molecule has 2 aromatic carbocycles. The summed E-state index contributed by atoms with van der Waals surface area (Å²) in [5.41, 5.74) is 4.27. The maximum atomic E-state index is 5.66. The van der Waals surface area contributed by atoms with Gasteiger partial charge in [0, 0.05) is 22.8 Å². The molecule has 3 aromatic rings. The van der Waals surface area contributed by atoms with Gasteiger partial charge >= 0.3 is 0 Å². The molecule has 0 saturated heterocycles. The van der Waals surface area contributed by atoms with Crippen LogP contribution in [0.3, 0.4) is 0 Å². The second-order valence-corrected chi connectivity index (χ2v) is 6.25. The van der Waals surface area contributed by atoms with Crippen molar-refractivity contribution in [1.29, 1.82) is 0 Å². The van der Waals surface area contributed by atoms with Crippen LogP contribution in [0, 0.1) is 0 Å². The highest BCUT2D eigenvalue weighted by molar-refractivity contribution is 7.99. The first-order valence-electron chi connectivity index (χ1n) is 7.21. The number of hydrogen-bond acceptors (Lipinski definition) is 4. The van der Waals surface area contributed by atoms with Crippen molar-refractivity contribution in [3.8, 4) is 0 Å². The Morgan fingerprint density at radius 3 is 3.10 bits per heavy atom. The summed E-state index contributed by atoms with van der Waals surface area (Å²) in [7, 11) is 0. The zero-order valence-electron chi connectivity index (χ0n) is 11.8.